The van der Waals surface area contributed by atoms with Crippen molar-refractivity contribution in [2.45, 2.75) is 19.8 Å². The van der Waals surface area contributed by atoms with Crippen LogP contribution in [0.5, 0.6) is 0 Å². The molecule has 2 N–H and O–H groups in total. The third kappa shape index (κ3) is 5.53. The zero-order valence-corrected chi connectivity index (χ0v) is 15.8. The Labute approximate surface area is 163 Å². The van der Waals surface area contributed by atoms with Gasteiger partial charge in [-0.3, -0.25) is 4.79 Å². The number of carbonyl (C=O) groups is 1. The number of halogens is 1. The minimum absolute atomic E-state index is 0.299. The lowest BCUT2D eigenvalue weighted by molar-refractivity contribution is 0.102. The number of aryl methyl sites for hydroxylation is 2. The summed E-state index contributed by atoms with van der Waals surface area (Å²) in [6.07, 6.45) is 1.95. The first-order chi connectivity index (χ1) is 13.1. The maximum absolute atomic E-state index is 12.5. The van der Waals surface area contributed by atoms with Crippen molar-refractivity contribution in [3.63, 3.8) is 0 Å². The van der Waals surface area contributed by atoms with Gasteiger partial charge in [-0.1, -0.05) is 54.1 Å². The van der Waals surface area contributed by atoms with E-state index >= 15 is 0 Å². The van der Waals surface area contributed by atoms with E-state index in [2.05, 4.69) is 32.7 Å². The molecular formula is C21H21ClN4O. The summed E-state index contributed by atoms with van der Waals surface area (Å²) in [6.45, 7) is 2.53. The fourth-order valence-electron chi connectivity index (χ4n) is 2.68. The van der Waals surface area contributed by atoms with E-state index in [0.717, 1.165) is 19.4 Å². The molecule has 0 saturated heterocycles. The lowest BCUT2D eigenvalue weighted by Gasteiger charge is -2.10. The topological polar surface area (TPSA) is 66.9 Å². The van der Waals surface area contributed by atoms with Crippen LogP contribution in [0.2, 0.25) is 5.02 Å². The number of nitrogens with one attached hydrogen (secondary N) is 2. The fourth-order valence-corrected chi connectivity index (χ4v) is 2.86. The van der Waals surface area contributed by atoms with Gasteiger partial charge < -0.3 is 10.6 Å². The molecule has 1 heterocycles. The number of carbonyl (C=O) groups excluding carboxylic acids is 1. The number of anilines is 2. The van der Waals surface area contributed by atoms with Crippen LogP contribution in [0.15, 0.2) is 60.7 Å². The first kappa shape index (κ1) is 18.9. The largest absolute Gasteiger partial charge is 0.370 e. The molecule has 0 fully saturated rings. The minimum Gasteiger partial charge on any atom is -0.370 e. The normalized spacial score (nSPS) is 10.4. The van der Waals surface area contributed by atoms with Gasteiger partial charge in [-0.2, -0.15) is 0 Å². The smallest absolute Gasteiger partial charge is 0.274 e. The van der Waals surface area contributed by atoms with Crippen LogP contribution in [0.3, 0.4) is 0 Å². The predicted molar refractivity (Wildman–Crippen MR) is 109 cm³/mol. The van der Waals surface area contributed by atoms with Gasteiger partial charge >= 0.3 is 0 Å². The van der Waals surface area contributed by atoms with Crippen molar-refractivity contribution < 1.29 is 4.79 Å². The zero-order chi connectivity index (χ0) is 19.1. The van der Waals surface area contributed by atoms with Crippen molar-refractivity contribution in [3.05, 3.63) is 82.8 Å². The van der Waals surface area contributed by atoms with E-state index in [0.29, 0.717) is 28.0 Å². The van der Waals surface area contributed by atoms with Crippen molar-refractivity contribution in [1.82, 2.24) is 9.97 Å². The molecule has 0 aliphatic carbocycles. The molecule has 0 aliphatic heterocycles. The summed E-state index contributed by atoms with van der Waals surface area (Å²) < 4.78 is 0. The second-order valence-corrected chi connectivity index (χ2v) is 6.54. The number of nitrogens with zero attached hydrogens (tertiary/aromatic N) is 2. The molecule has 0 saturated carbocycles. The molecule has 0 aliphatic rings. The van der Waals surface area contributed by atoms with E-state index in [4.69, 9.17) is 11.6 Å². The van der Waals surface area contributed by atoms with Gasteiger partial charge in [-0.05, 0) is 37.5 Å². The highest BCUT2D eigenvalue weighted by Gasteiger charge is 2.12. The number of benzene rings is 2. The van der Waals surface area contributed by atoms with Crippen molar-refractivity contribution in [3.8, 4) is 0 Å². The summed E-state index contributed by atoms with van der Waals surface area (Å²) in [5.74, 6) is 0.855. The molecule has 0 bridgehead atoms. The average molecular weight is 381 g/mol. The molecule has 0 spiro atoms. The molecule has 138 valence electrons. The van der Waals surface area contributed by atoms with Crippen LogP contribution in [0.25, 0.3) is 0 Å². The van der Waals surface area contributed by atoms with Crippen molar-refractivity contribution in [2.75, 3.05) is 17.2 Å². The van der Waals surface area contributed by atoms with Gasteiger partial charge in [0.1, 0.15) is 17.3 Å². The third-order valence-electron chi connectivity index (χ3n) is 3.98. The van der Waals surface area contributed by atoms with Crippen LogP contribution in [-0.2, 0) is 6.42 Å². The summed E-state index contributed by atoms with van der Waals surface area (Å²) in [6, 6.07) is 19.1. The number of hydrogen-bond acceptors (Lipinski definition) is 4. The Morgan fingerprint density at radius 1 is 1.04 bits per heavy atom. The molecule has 6 heteroatoms. The van der Waals surface area contributed by atoms with E-state index in [-0.39, 0.29) is 5.91 Å². The molecule has 1 aromatic heterocycles. The number of para-hydroxylation sites is 1. The van der Waals surface area contributed by atoms with Gasteiger partial charge in [-0.15, -0.1) is 0 Å². The van der Waals surface area contributed by atoms with E-state index in [9.17, 15) is 4.79 Å². The maximum Gasteiger partial charge on any atom is 0.274 e. The standard InChI is InChI=1S/C21H21ClN4O/c1-15-24-19(21(27)26-18-12-6-5-11-17(18)22)14-20(25-15)23-13-7-10-16-8-3-2-4-9-16/h2-6,8-9,11-12,14H,7,10,13H2,1H3,(H,26,27)(H,23,24,25). The van der Waals surface area contributed by atoms with Crippen LogP contribution in [0, 0.1) is 6.92 Å². The van der Waals surface area contributed by atoms with Gasteiger partial charge in [0.05, 0.1) is 10.7 Å². The lowest BCUT2D eigenvalue weighted by Crippen LogP contribution is -2.16. The molecule has 0 atom stereocenters. The molecule has 2 aromatic carbocycles. The van der Waals surface area contributed by atoms with Crippen LogP contribution >= 0.6 is 11.6 Å². The first-order valence-electron chi connectivity index (χ1n) is 8.81. The Hall–Kier alpha value is -2.92. The Kier molecular flexibility index (Phi) is 6.39. The Morgan fingerprint density at radius 2 is 1.78 bits per heavy atom. The SMILES string of the molecule is Cc1nc(NCCCc2ccccc2)cc(C(=O)Nc2ccccc2Cl)n1. The average Bonchev–Trinajstić information content (AvgIpc) is 2.67. The van der Waals surface area contributed by atoms with Gasteiger partial charge in [0.15, 0.2) is 0 Å². The molecule has 27 heavy (non-hydrogen) atoms. The van der Waals surface area contributed by atoms with E-state index in [1.807, 2.05) is 30.3 Å². The van der Waals surface area contributed by atoms with Crippen molar-refractivity contribution in [2.24, 2.45) is 0 Å². The second-order valence-electron chi connectivity index (χ2n) is 6.14. The monoisotopic (exact) mass is 380 g/mol. The molecule has 0 radical (unpaired) electrons. The van der Waals surface area contributed by atoms with Gasteiger partial charge in [-0.25, -0.2) is 9.97 Å². The summed E-state index contributed by atoms with van der Waals surface area (Å²) in [5.41, 5.74) is 2.16. The molecule has 3 rings (SSSR count). The number of aromatic nitrogens is 2. The summed E-state index contributed by atoms with van der Waals surface area (Å²) in [4.78, 5) is 21.1. The zero-order valence-electron chi connectivity index (χ0n) is 15.1. The summed E-state index contributed by atoms with van der Waals surface area (Å²) >= 11 is 6.09. The molecule has 5 nitrogen and oxygen atoms in total. The Bertz CT molecular complexity index is 915. The maximum atomic E-state index is 12.5. The Balaban J connectivity index is 1.60. The number of rotatable bonds is 7. The molecule has 3 aromatic rings. The Morgan fingerprint density at radius 3 is 2.56 bits per heavy atom. The van der Waals surface area contributed by atoms with Crippen LogP contribution in [-0.4, -0.2) is 22.4 Å². The lowest BCUT2D eigenvalue weighted by atomic mass is 10.1. The van der Waals surface area contributed by atoms with Crippen molar-refractivity contribution >= 4 is 29.0 Å². The minimum atomic E-state index is -0.319. The van der Waals surface area contributed by atoms with E-state index in [1.165, 1.54) is 5.56 Å². The van der Waals surface area contributed by atoms with Crippen LogP contribution in [0.4, 0.5) is 11.5 Å². The van der Waals surface area contributed by atoms with Crippen molar-refractivity contribution in [1.29, 1.82) is 0 Å². The summed E-state index contributed by atoms with van der Waals surface area (Å²) in [7, 11) is 0. The quantitative estimate of drug-likeness (QED) is 0.581. The second kappa shape index (κ2) is 9.14. The van der Waals surface area contributed by atoms with Gasteiger partial charge in [0, 0.05) is 12.6 Å². The first-order valence-corrected chi connectivity index (χ1v) is 9.19. The highest BCUT2D eigenvalue weighted by Crippen LogP contribution is 2.21. The fraction of sp³-hybridized carbons (Fsp3) is 0.190. The number of hydrogen-bond donors (Lipinski definition) is 2. The van der Waals surface area contributed by atoms with Gasteiger partial charge in [0.25, 0.3) is 5.91 Å². The molecular weight excluding hydrogens is 360 g/mol. The van der Waals surface area contributed by atoms with E-state index < -0.39 is 0 Å². The van der Waals surface area contributed by atoms with Gasteiger partial charge in [0.2, 0.25) is 0 Å². The number of amides is 1. The predicted octanol–water partition coefficient (Wildman–Crippen LogP) is 4.74. The van der Waals surface area contributed by atoms with Crippen LogP contribution < -0.4 is 10.6 Å². The highest BCUT2D eigenvalue weighted by molar-refractivity contribution is 6.33. The molecule has 1 amide bonds. The highest BCUT2D eigenvalue weighted by atomic mass is 35.5. The molecule has 0 unspecified atom stereocenters. The van der Waals surface area contributed by atoms with Crippen LogP contribution in [0.1, 0.15) is 28.3 Å². The van der Waals surface area contributed by atoms with E-state index in [1.54, 1.807) is 25.1 Å². The summed E-state index contributed by atoms with van der Waals surface area (Å²) in [5, 5.41) is 6.53. The third-order valence-corrected chi connectivity index (χ3v) is 4.31.